The fourth-order valence-electron chi connectivity index (χ4n) is 4.23. The second-order valence-electron chi connectivity index (χ2n) is 8.30. The maximum atomic E-state index is 2.23. The maximum Gasteiger partial charge on any atom is 0 e. The summed E-state index contributed by atoms with van der Waals surface area (Å²) in [4.78, 5) is 0. The van der Waals surface area contributed by atoms with Crippen LogP contribution in [0.3, 0.4) is 0 Å². The second kappa shape index (κ2) is 14.0. The Labute approximate surface area is 233 Å². The molecule has 0 aliphatic heterocycles. The molecule has 0 aliphatic rings. The van der Waals surface area contributed by atoms with Gasteiger partial charge < -0.3 is 29.6 Å². The van der Waals surface area contributed by atoms with E-state index in [1.54, 1.807) is 0 Å². The van der Waals surface area contributed by atoms with Crippen molar-refractivity contribution in [2.45, 2.75) is 0 Å². The van der Waals surface area contributed by atoms with Crippen LogP contribution in [0.15, 0.2) is 170 Å². The molecule has 0 nitrogen and oxygen atoms in total. The molecule has 0 atom stereocenters. The van der Waals surface area contributed by atoms with E-state index in [1.807, 2.05) is 0 Å². The molecule has 0 bridgehead atoms. The summed E-state index contributed by atoms with van der Waals surface area (Å²) < 4.78 is 0. The minimum absolute atomic E-state index is 0. The zero-order valence-electron chi connectivity index (χ0n) is 20.4. The Hall–Kier alpha value is -3.04. The van der Waals surface area contributed by atoms with Crippen molar-refractivity contribution < 1.29 is 17.1 Å². The monoisotopic (exact) mass is 554 g/mol. The van der Waals surface area contributed by atoms with E-state index < -0.39 is 15.8 Å². The van der Waals surface area contributed by atoms with Crippen molar-refractivity contribution in [3.63, 3.8) is 0 Å². The molecule has 0 aliphatic carbocycles. The number of hydrogen-bond donors (Lipinski definition) is 0. The minimum atomic E-state index is -0.409. The Morgan fingerprint density at radius 1 is 0.405 bits per heavy atom. The van der Waals surface area contributed by atoms with Gasteiger partial charge in [-0.3, -0.25) is 0 Å². The van der Waals surface area contributed by atoms with E-state index in [0.717, 1.165) is 0 Å². The van der Waals surface area contributed by atoms with Gasteiger partial charge in [-0.2, -0.15) is 12.1 Å². The summed E-state index contributed by atoms with van der Waals surface area (Å²) in [5.41, 5.74) is 0. The molecule has 0 N–H and O–H groups in total. The van der Waals surface area contributed by atoms with Crippen LogP contribution in [0.5, 0.6) is 0 Å². The van der Waals surface area contributed by atoms with Crippen LogP contribution < -0.4 is 31.8 Å². The molecular formula is C34H28FeP2-6. The number of benzene rings is 4. The zero-order chi connectivity index (χ0) is 24.4. The SMILES string of the molecule is [Fe].c1ccc(P(c2ccccc2)[c-]2[cH-][cH-][cH-][cH-]2)cc1.c1ccc(P(c2ccccc2)[c-]2cccc2)cc1. The predicted molar refractivity (Wildman–Crippen MR) is 161 cm³/mol. The first-order chi connectivity index (χ1) is 17.9. The summed E-state index contributed by atoms with van der Waals surface area (Å²) in [5, 5.41) is 8.47. The van der Waals surface area contributed by atoms with Crippen LogP contribution >= 0.6 is 15.8 Å². The van der Waals surface area contributed by atoms with Crippen molar-refractivity contribution >= 4 is 47.7 Å². The third kappa shape index (κ3) is 7.05. The van der Waals surface area contributed by atoms with Gasteiger partial charge in [0.2, 0.25) is 0 Å². The largest absolute Gasteiger partial charge is 0.747 e. The van der Waals surface area contributed by atoms with Gasteiger partial charge in [0, 0.05) is 17.1 Å². The quantitative estimate of drug-likeness (QED) is 0.128. The van der Waals surface area contributed by atoms with Gasteiger partial charge in [-0.25, -0.2) is 20.1 Å². The molecule has 6 aromatic rings. The van der Waals surface area contributed by atoms with Crippen LogP contribution in [-0.2, 0) is 17.1 Å². The first-order valence-electron chi connectivity index (χ1n) is 12.1. The summed E-state index contributed by atoms with van der Waals surface area (Å²) in [7, 11) is -0.818. The molecule has 0 aromatic heterocycles. The average molecular weight is 554 g/mol. The van der Waals surface area contributed by atoms with Crippen LogP contribution in [0.1, 0.15) is 0 Å². The van der Waals surface area contributed by atoms with Crippen molar-refractivity contribution in [2.75, 3.05) is 0 Å². The number of rotatable bonds is 6. The fraction of sp³-hybridized carbons (Fsp3) is 0. The number of hydrogen-bond acceptors (Lipinski definition) is 0. The van der Waals surface area contributed by atoms with Gasteiger partial charge in [-0.1, -0.05) is 140 Å². The topological polar surface area (TPSA) is 0 Å². The molecule has 6 aromatic carbocycles. The zero-order valence-corrected chi connectivity index (χ0v) is 23.3. The van der Waals surface area contributed by atoms with Gasteiger partial charge in [0.15, 0.2) is 0 Å². The summed E-state index contributed by atoms with van der Waals surface area (Å²) >= 11 is 0. The first kappa shape index (κ1) is 27.0. The maximum absolute atomic E-state index is 2.23. The molecule has 0 fully saturated rings. The molecule has 0 amide bonds. The normalized spacial score (nSPS) is 10.4. The minimum Gasteiger partial charge on any atom is -0.747 e. The second-order valence-corrected chi connectivity index (χ2v) is 12.7. The van der Waals surface area contributed by atoms with Crippen LogP contribution in [0.4, 0.5) is 0 Å². The average Bonchev–Trinajstić information content (AvgIpc) is 3.68. The van der Waals surface area contributed by atoms with Crippen molar-refractivity contribution in [3.05, 3.63) is 170 Å². The predicted octanol–water partition coefficient (Wildman–Crippen LogP) is 6.32. The van der Waals surface area contributed by atoms with E-state index in [2.05, 4.69) is 170 Å². The molecule has 0 saturated heterocycles. The molecule has 0 heterocycles. The van der Waals surface area contributed by atoms with Crippen molar-refractivity contribution in [1.82, 2.24) is 0 Å². The third-order valence-corrected chi connectivity index (χ3v) is 10.8. The molecule has 6 rings (SSSR count). The Morgan fingerprint density at radius 3 is 1.08 bits per heavy atom. The van der Waals surface area contributed by atoms with E-state index >= 15 is 0 Å². The van der Waals surface area contributed by atoms with Gasteiger partial charge in [-0.05, 0) is 10.6 Å². The Kier molecular flexibility index (Phi) is 10.3. The Bertz CT molecular complexity index is 1210. The van der Waals surface area contributed by atoms with Gasteiger partial charge in [0.1, 0.15) is 0 Å². The molecule has 0 unspecified atom stereocenters. The van der Waals surface area contributed by atoms with E-state index in [4.69, 9.17) is 0 Å². The molecule has 0 radical (unpaired) electrons. The van der Waals surface area contributed by atoms with Gasteiger partial charge >= 0.3 is 0 Å². The van der Waals surface area contributed by atoms with Gasteiger partial charge in [-0.15, -0.1) is 5.30 Å². The fourth-order valence-corrected chi connectivity index (χ4v) is 8.84. The summed E-state index contributed by atoms with van der Waals surface area (Å²) in [6.45, 7) is 0. The Morgan fingerprint density at radius 2 is 0.730 bits per heavy atom. The third-order valence-electron chi connectivity index (χ3n) is 5.86. The smallest absolute Gasteiger partial charge is 0 e. The van der Waals surface area contributed by atoms with Crippen LogP contribution in [0.2, 0.25) is 0 Å². The molecular weight excluding hydrogens is 526 g/mol. The molecule has 188 valence electrons. The van der Waals surface area contributed by atoms with Gasteiger partial charge in [0.05, 0.1) is 0 Å². The molecule has 0 saturated carbocycles. The van der Waals surface area contributed by atoms with Crippen molar-refractivity contribution in [2.24, 2.45) is 0 Å². The van der Waals surface area contributed by atoms with Crippen LogP contribution in [0, 0.1) is 0 Å². The van der Waals surface area contributed by atoms with Crippen molar-refractivity contribution in [1.29, 1.82) is 0 Å². The summed E-state index contributed by atoms with van der Waals surface area (Å²) in [6, 6.07) is 60.5. The first-order valence-corrected chi connectivity index (χ1v) is 14.8. The van der Waals surface area contributed by atoms with Gasteiger partial charge in [0.25, 0.3) is 0 Å². The Balaban J connectivity index is 0.000000168. The summed E-state index contributed by atoms with van der Waals surface area (Å²) in [6.07, 6.45) is 0. The van der Waals surface area contributed by atoms with E-state index in [-0.39, 0.29) is 17.1 Å². The van der Waals surface area contributed by atoms with Crippen LogP contribution in [0.25, 0.3) is 0 Å². The van der Waals surface area contributed by atoms with E-state index in [1.165, 1.54) is 31.8 Å². The molecule has 0 spiro atoms. The van der Waals surface area contributed by atoms with E-state index in [0.29, 0.717) is 0 Å². The molecule has 3 heteroatoms. The van der Waals surface area contributed by atoms with E-state index in [9.17, 15) is 0 Å². The standard InChI is InChI=1S/2C17H14P.Fe/c2*1-3-9-15(10-4-1)18(17-13-7-8-14-17)16-11-5-2-6-12-16;/h2*1-14H;/q-5;-1;. The molecule has 37 heavy (non-hydrogen) atoms. The van der Waals surface area contributed by atoms with Crippen molar-refractivity contribution in [3.8, 4) is 0 Å². The van der Waals surface area contributed by atoms with Crippen LogP contribution in [-0.4, -0.2) is 0 Å². The summed E-state index contributed by atoms with van der Waals surface area (Å²) in [5.74, 6) is 0.